The van der Waals surface area contributed by atoms with Gasteiger partial charge in [-0.25, -0.2) is 9.78 Å². The third-order valence-corrected chi connectivity index (χ3v) is 5.52. The number of aliphatic imine (C=N–C) groups is 1. The molecule has 1 rings (SSSR count). The Balaban J connectivity index is 2.99. The first-order chi connectivity index (χ1) is 18.8. The number of nitrogens with zero attached hydrogens (tertiary/aromatic N) is 2. The minimum absolute atomic E-state index is 0.118. The maximum atomic E-state index is 13.1. The van der Waals surface area contributed by atoms with E-state index in [2.05, 4.69) is 30.9 Å². The molecule has 18 heteroatoms. The lowest BCUT2D eigenvalue weighted by Crippen LogP contribution is -2.57. The first-order valence-electron chi connectivity index (χ1n) is 12.3. The summed E-state index contributed by atoms with van der Waals surface area (Å²) < 4.78 is 0. The number of carbonyl (C=O) groups is 6. The number of nitrogens with one attached hydrogen (secondary N) is 4. The van der Waals surface area contributed by atoms with Gasteiger partial charge in [0, 0.05) is 37.7 Å². The minimum atomic E-state index is -1.41. The molecule has 18 nitrogen and oxygen atoms in total. The molecular weight excluding hydrogens is 530 g/mol. The average molecular weight is 568 g/mol. The molecular formula is C22H37N11O7. The number of aliphatic carboxylic acids is 1. The van der Waals surface area contributed by atoms with E-state index in [4.69, 9.17) is 28.7 Å². The van der Waals surface area contributed by atoms with Crippen LogP contribution in [0.1, 0.15) is 44.2 Å². The van der Waals surface area contributed by atoms with Crippen molar-refractivity contribution in [3.8, 4) is 0 Å². The normalized spacial score (nSPS) is 13.6. The second kappa shape index (κ2) is 17.0. The Labute approximate surface area is 229 Å². The van der Waals surface area contributed by atoms with E-state index in [1.54, 1.807) is 0 Å². The van der Waals surface area contributed by atoms with Crippen LogP contribution in [0.4, 0.5) is 0 Å². The standard InChI is InChI=1S/C22H37N11O7/c23-12(2-1-7-29-22(26)27)18(36)31-13(3-5-16(24)34)19(37)32-14(4-6-17(25)35)20(38)33-15(21(39)40)8-11-9-28-10-30-11/h9-10,12-15H,1-8,23H2,(H2,24,34)(H2,25,35)(H,28,30)(H,31,36)(H,32,37)(H,33,38)(H,39,40)(H4,26,27,29). The van der Waals surface area contributed by atoms with Crippen molar-refractivity contribution in [2.45, 2.75) is 69.1 Å². The van der Waals surface area contributed by atoms with Gasteiger partial charge in [0.1, 0.15) is 18.1 Å². The number of H-pyrrole nitrogens is 1. The maximum absolute atomic E-state index is 13.1. The summed E-state index contributed by atoms with van der Waals surface area (Å²) in [5, 5.41) is 16.6. The molecule has 15 N–H and O–H groups in total. The monoisotopic (exact) mass is 567 g/mol. The number of amides is 5. The van der Waals surface area contributed by atoms with Crippen molar-refractivity contribution in [3.05, 3.63) is 18.2 Å². The SMILES string of the molecule is NC(=O)CCC(NC(=O)C(N)CCCN=C(N)N)C(=O)NC(CCC(N)=O)C(=O)NC(Cc1cnc[nH]1)C(=O)O. The van der Waals surface area contributed by atoms with E-state index in [0.717, 1.165) is 0 Å². The molecule has 1 aromatic rings. The maximum Gasteiger partial charge on any atom is 0.326 e. The third kappa shape index (κ3) is 13.2. The Morgan fingerprint density at radius 2 is 1.38 bits per heavy atom. The highest BCUT2D eigenvalue weighted by Crippen LogP contribution is 2.06. The summed E-state index contributed by atoms with van der Waals surface area (Å²) in [6.07, 6.45) is 1.99. The predicted octanol–water partition coefficient (Wildman–Crippen LogP) is -4.60. The van der Waals surface area contributed by atoms with Crippen LogP contribution in [0.25, 0.3) is 0 Å². The van der Waals surface area contributed by atoms with Gasteiger partial charge in [-0.1, -0.05) is 0 Å². The van der Waals surface area contributed by atoms with E-state index >= 15 is 0 Å². The van der Waals surface area contributed by atoms with Gasteiger partial charge in [0.15, 0.2) is 5.96 Å². The van der Waals surface area contributed by atoms with Crippen molar-refractivity contribution in [3.63, 3.8) is 0 Å². The largest absolute Gasteiger partial charge is 0.480 e. The lowest BCUT2D eigenvalue weighted by Gasteiger charge is -2.25. The van der Waals surface area contributed by atoms with Crippen LogP contribution in [0.5, 0.6) is 0 Å². The lowest BCUT2D eigenvalue weighted by atomic mass is 10.0. The van der Waals surface area contributed by atoms with Gasteiger partial charge in [-0.05, 0) is 25.7 Å². The Bertz CT molecular complexity index is 1060. The molecule has 0 aliphatic rings. The Kier molecular flexibility index (Phi) is 14.1. The molecule has 4 atom stereocenters. The summed E-state index contributed by atoms with van der Waals surface area (Å²) in [5.74, 6) is -5.54. The molecule has 222 valence electrons. The van der Waals surface area contributed by atoms with Crippen LogP contribution in [-0.2, 0) is 35.2 Å². The van der Waals surface area contributed by atoms with E-state index in [1.165, 1.54) is 12.5 Å². The van der Waals surface area contributed by atoms with E-state index in [9.17, 15) is 33.9 Å². The van der Waals surface area contributed by atoms with Gasteiger partial charge in [-0.15, -0.1) is 0 Å². The highest BCUT2D eigenvalue weighted by atomic mass is 16.4. The van der Waals surface area contributed by atoms with Gasteiger partial charge in [0.05, 0.1) is 12.4 Å². The van der Waals surface area contributed by atoms with Gasteiger partial charge in [-0.3, -0.25) is 29.0 Å². The number of aromatic amines is 1. The number of carboxylic acids is 1. The van der Waals surface area contributed by atoms with Crippen molar-refractivity contribution in [2.24, 2.45) is 33.7 Å². The number of primary amides is 2. The molecule has 0 saturated heterocycles. The molecule has 0 radical (unpaired) electrons. The van der Waals surface area contributed by atoms with Crippen molar-refractivity contribution in [2.75, 3.05) is 6.54 Å². The number of aromatic nitrogens is 2. The molecule has 1 heterocycles. The number of hydrogen-bond acceptors (Lipinski definition) is 9. The predicted molar refractivity (Wildman–Crippen MR) is 140 cm³/mol. The lowest BCUT2D eigenvalue weighted by molar-refractivity contribution is -0.142. The fraction of sp³-hybridized carbons (Fsp3) is 0.545. The second-order valence-corrected chi connectivity index (χ2v) is 8.87. The average Bonchev–Trinajstić information content (AvgIpc) is 3.38. The molecule has 0 saturated carbocycles. The molecule has 0 aliphatic heterocycles. The molecule has 40 heavy (non-hydrogen) atoms. The summed E-state index contributed by atoms with van der Waals surface area (Å²) in [5.41, 5.74) is 27.2. The number of hydrogen-bond donors (Lipinski definition) is 10. The summed E-state index contributed by atoms with van der Waals surface area (Å²) in [6, 6.07) is -5.20. The van der Waals surface area contributed by atoms with E-state index in [-0.39, 0.29) is 51.0 Å². The van der Waals surface area contributed by atoms with Gasteiger partial charge in [0.2, 0.25) is 29.5 Å². The van der Waals surface area contributed by atoms with Crippen LogP contribution in [0.15, 0.2) is 17.5 Å². The van der Waals surface area contributed by atoms with Gasteiger partial charge < -0.3 is 54.7 Å². The molecule has 0 aliphatic carbocycles. The summed E-state index contributed by atoms with van der Waals surface area (Å²) in [6.45, 7) is 0.225. The first-order valence-corrected chi connectivity index (χ1v) is 12.3. The number of rotatable bonds is 19. The van der Waals surface area contributed by atoms with E-state index in [0.29, 0.717) is 12.1 Å². The Morgan fingerprint density at radius 1 is 0.850 bits per heavy atom. The quantitative estimate of drug-likeness (QED) is 0.0430. The number of imidazole rings is 1. The smallest absolute Gasteiger partial charge is 0.326 e. The van der Waals surface area contributed by atoms with Crippen LogP contribution in [0, 0.1) is 0 Å². The van der Waals surface area contributed by atoms with E-state index in [1.807, 2.05) is 0 Å². The van der Waals surface area contributed by atoms with Crippen LogP contribution in [0.3, 0.4) is 0 Å². The van der Waals surface area contributed by atoms with Gasteiger partial charge >= 0.3 is 5.97 Å². The fourth-order valence-electron chi connectivity index (χ4n) is 3.40. The molecule has 0 fully saturated rings. The molecule has 5 amide bonds. The van der Waals surface area contributed by atoms with Crippen LogP contribution < -0.4 is 44.6 Å². The topological polar surface area (TPSA) is 330 Å². The molecule has 0 aromatic carbocycles. The number of carbonyl (C=O) groups excluding carboxylic acids is 5. The highest BCUT2D eigenvalue weighted by molar-refractivity contribution is 5.94. The third-order valence-electron chi connectivity index (χ3n) is 5.52. The molecule has 0 spiro atoms. The van der Waals surface area contributed by atoms with Crippen molar-refractivity contribution >= 4 is 41.5 Å². The zero-order valence-electron chi connectivity index (χ0n) is 21.8. The van der Waals surface area contributed by atoms with Crippen molar-refractivity contribution in [1.29, 1.82) is 0 Å². The Hall–Kier alpha value is -4.74. The molecule has 1 aromatic heterocycles. The van der Waals surface area contributed by atoms with Crippen LogP contribution in [-0.4, -0.2) is 87.3 Å². The van der Waals surface area contributed by atoms with Crippen molar-refractivity contribution < 1.29 is 33.9 Å². The molecule has 4 unspecified atom stereocenters. The highest BCUT2D eigenvalue weighted by Gasteiger charge is 2.31. The number of nitrogens with two attached hydrogens (primary N) is 5. The van der Waals surface area contributed by atoms with Crippen molar-refractivity contribution in [1.82, 2.24) is 25.9 Å². The molecule has 0 bridgehead atoms. The first kappa shape index (κ1) is 33.3. The minimum Gasteiger partial charge on any atom is -0.480 e. The summed E-state index contributed by atoms with van der Waals surface area (Å²) in [4.78, 5) is 83.4. The summed E-state index contributed by atoms with van der Waals surface area (Å²) >= 11 is 0. The number of guanidine groups is 1. The van der Waals surface area contributed by atoms with Crippen LogP contribution >= 0.6 is 0 Å². The summed E-state index contributed by atoms with van der Waals surface area (Å²) in [7, 11) is 0. The van der Waals surface area contributed by atoms with Crippen LogP contribution in [0.2, 0.25) is 0 Å². The van der Waals surface area contributed by atoms with Gasteiger partial charge in [0.25, 0.3) is 0 Å². The fourth-order valence-corrected chi connectivity index (χ4v) is 3.40. The second-order valence-electron chi connectivity index (χ2n) is 8.87. The number of carboxylic acid groups (broad SMARTS) is 1. The van der Waals surface area contributed by atoms with Gasteiger partial charge in [-0.2, -0.15) is 0 Å². The Morgan fingerprint density at radius 3 is 1.82 bits per heavy atom. The zero-order chi connectivity index (χ0) is 30.2. The zero-order valence-corrected chi connectivity index (χ0v) is 21.8. The van der Waals surface area contributed by atoms with E-state index < -0.39 is 59.7 Å².